The highest BCUT2D eigenvalue weighted by Gasteiger charge is 2.44. The molecule has 6 atom stereocenters. The van der Waals surface area contributed by atoms with E-state index < -0.39 is 43.4 Å². The Labute approximate surface area is 97.9 Å². The Hall–Kier alpha value is -0.320. The van der Waals surface area contributed by atoms with E-state index in [2.05, 4.69) is 9.78 Å². The monoisotopic (exact) mass is 254 g/mol. The predicted molar refractivity (Wildman–Crippen MR) is 52.5 cm³/mol. The molecule has 0 bridgehead atoms. The Morgan fingerprint density at radius 1 is 1.12 bits per heavy atom. The van der Waals surface area contributed by atoms with E-state index in [4.69, 9.17) is 14.9 Å². The molecule has 1 heterocycles. The minimum Gasteiger partial charge on any atom is -0.394 e. The number of hydrogen-bond donors (Lipinski definition) is 5. The average Bonchev–Trinajstić information content (AvgIpc) is 2.34. The summed E-state index contributed by atoms with van der Waals surface area (Å²) in [6, 6.07) is 0. The first-order valence-corrected chi connectivity index (χ1v) is 5.24. The van der Waals surface area contributed by atoms with Gasteiger partial charge in [0.1, 0.15) is 30.5 Å². The van der Waals surface area contributed by atoms with Gasteiger partial charge in [0.05, 0.1) is 13.2 Å². The molecule has 8 heteroatoms. The maximum Gasteiger partial charge on any atom is 0.220 e. The van der Waals surface area contributed by atoms with E-state index in [0.29, 0.717) is 0 Å². The lowest BCUT2D eigenvalue weighted by atomic mass is 9.99. The van der Waals surface area contributed by atoms with Gasteiger partial charge in [-0.25, -0.2) is 9.78 Å². The minimum atomic E-state index is -1.52. The lowest BCUT2D eigenvalue weighted by molar-refractivity contribution is -0.439. The van der Waals surface area contributed by atoms with Crippen molar-refractivity contribution < 1.29 is 40.0 Å². The van der Waals surface area contributed by atoms with Gasteiger partial charge in [-0.3, -0.25) is 0 Å². The third-order valence-corrected chi connectivity index (χ3v) is 2.42. The van der Waals surface area contributed by atoms with Crippen molar-refractivity contribution in [1.82, 2.24) is 0 Å². The first-order chi connectivity index (χ1) is 8.01. The summed E-state index contributed by atoms with van der Waals surface area (Å²) in [4.78, 5) is 9.35. The smallest absolute Gasteiger partial charge is 0.220 e. The van der Waals surface area contributed by atoms with Gasteiger partial charge in [0, 0.05) is 0 Å². The molecule has 0 spiro atoms. The maximum atomic E-state index is 9.52. The fraction of sp³-hybridized carbons (Fsp3) is 1.00. The van der Waals surface area contributed by atoms with Crippen LogP contribution in [0.3, 0.4) is 0 Å². The summed E-state index contributed by atoms with van der Waals surface area (Å²) in [7, 11) is 0. The molecular weight excluding hydrogens is 236 g/mol. The molecule has 0 aromatic heterocycles. The van der Waals surface area contributed by atoms with Crippen LogP contribution in [0.15, 0.2) is 0 Å². The van der Waals surface area contributed by atoms with Crippen molar-refractivity contribution in [2.24, 2.45) is 0 Å². The summed E-state index contributed by atoms with van der Waals surface area (Å²) in [5.41, 5.74) is 0. The van der Waals surface area contributed by atoms with Gasteiger partial charge in [0.25, 0.3) is 0 Å². The van der Waals surface area contributed by atoms with Crippen LogP contribution in [-0.2, 0) is 14.5 Å². The van der Waals surface area contributed by atoms with E-state index in [-0.39, 0.29) is 6.61 Å². The molecule has 1 fully saturated rings. The molecule has 0 aliphatic carbocycles. The number of rotatable bonds is 5. The van der Waals surface area contributed by atoms with Crippen LogP contribution < -0.4 is 0 Å². The highest BCUT2D eigenvalue weighted by molar-refractivity contribution is 4.88. The van der Waals surface area contributed by atoms with E-state index in [9.17, 15) is 15.3 Å². The van der Waals surface area contributed by atoms with Gasteiger partial charge in [-0.15, -0.1) is 0 Å². The molecule has 8 nitrogen and oxygen atoms in total. The number of ether oxygens (including phenoxy) is 1. The summed E-state index contributed by atoms with van der Waals surface area (Å²) < 4.78 is 4.99. The third-order valence-electron chi connectivity index (χ3n) is 2.42. The number of aliphatic hydroxyl groups excluding tert-OH is 5. The summed E-state index contributed by atoms with van der Waals surface area (Å²) in [5, 5.41) is 46.0. The van der Waals surface area contributed by atoms with E-state index in [1.54, 1.807) is 0 Å². The Morgan fingerprint density at radius 2 is 1.76 bits per heavy atom. The Kier molecular flexibility index (Phi) is 5.70. The topological polar surface area (TPSA) is 129 Å². The summed E-state index contributed by atoms with van der Waals surface area (Å²) in [6.45, 7) is 0.682. The van der Waals surface area contributed by atoms with Crippen molar-refractivity contribution >= 4 is 0 Å². The molecule has 1 aliphatic heterocycles. The predicted octanol–water partition coefficient (Wildman–Crippen LogP) is -2.88. The largest absolute Gasteiger partial charge is 0.394 e. The van der Waals surface area contributed by atoms with E-state index in [0.717, 1.165) is 0 Å². The van der Waals surface area contributed by atoms with Crippen molar-refractivity contribution in [2.45, 2.75) is 43.7 Å². The first kappa shape index (κ1) is 14.7. The van der Waals surface area contributed by atoms with Crippen LogP contribution in [-0.4, -0.2) is 75.6 Å². The van der Waals surface area contributed by atoms with Gasteiger partial charge >= 0.3 is 0 Å². The van der Waals surface area contributed by atoms with Crippen molar-refractivity contribution in [3.05, 3.63) is 0 Å². The van der Waals surface area contributed by atoms with Crippen molar-refractivity contribution in [3.8, 4) is 0 Å². The van der Waals surface area contributed by atoms with E-state index in [1.165, 1.54) is 6.92 Å². The van der Waals surface area contributed by atoms with Crippen LogP contribution >= 0.6 is 0 Å². The van der Waals surface area contributed by atoms with Crippen LogP contribution in [0.4, 0.5) is 0 Å². The van der Waals surface area contributed by atoms with Gasteiger partial charge in [0.15, 0.2) is 0 Å². The molecule has 1 rings (SSSR count). The summed E-state index contributed by atoms with van der Waals surface area (Å²) in [6.07, 6.45) is -7.50. The summed E-state index contributed by atoms with van der Waals surface area (Å²) in [5.74, 6) is 0. The van der Waals surface area contributed by atoms with Gasteiger partial charge in [-0.2, -0.15) is 0 Å². The molecule has 0 saturated carbocycles. The van der Waals surface area contributed by atoms with Crippen molar-refractivity contribution in [3.63, 3.8) is 0 Å². The molecule has 0 amide bonds. The van der Waals surface area contributed by atoms with Gasteiger partial charge in [-0.1, -0.05) is 0 Å². The molecule has 0 radical (unpaired) electrons. The lowest BCUT2D eigenvalue weighted by Crippen LogP contribution is -2.59. The Morgan fingerprint density at radius 3 is 2.29 bits per heavy atom. The quantitative estimate of drug-likeness (QED) is 0.261. The zero-order valence-electron chi connectivity index (χ0n) is 9.34. The van der Waals surface area contributed by atoms with Crippen LogP contribution in [0.2, 0.25) is 0 Å². The first-order valence-electron chi connectivity index (χ1n) is 5.24. The molecule has 5 N–H and O–H groups in total. The van der Waals surface area contributed by atoms with Crippen LogP contribution in [0.25, 0.3) is 0 Å². The minimum absolute atomic E-state index is 0.294. The molecular formula is C9H18O8. The zero-order valence-corrected chi connectivity index (χ0v) is 9.34. The maximum absolute atomic E-state index is 9.52. The van der Waals surface area contributed by atoms with Crippen LogP contribution in [0.5, 0.6) is 0 Å². The highest BCUT2D eigenvalue weighted by atomic mass is 17.2. The van der Waals surface area contributed by atoms with Crippen molar-refractivity contribution in [2.75, 3.05) is 13.2 Å². The van der Waals surface area contributed by atoms with Crippen LogP contribution in [0.1, 0.15) is 6.92 Å². The fourth-order valence-corrected chi connectivity index (χ4v) is 1.33. The standard InChI is InChI=1S/C9H18O8/c1-4(2-10)16-17-9-8(14)7(13)6(12)5(3-11)15-9/h4-14H,2-3H2,1H3/t4?,5-,6-,7+,8-,9?/m1/s1. The second-order valence-electron chi connectivity index (χ2n) is 3.88. The second kappa shape index (κ2) is 6.57. The molecule has 1 aliphatic rings. The third kappa shape index (κ3) is 3.57. The highest BCUT2D eigenvalue weighted by Crippen LogP contribution is 2.22. The van der Waals surface area contributed by atoms with Crippen LogP contribution in [0, 0.1) is 0 Å². The molecule has 17 heavy (non-hydrogen) atoms. The SMILES string of the molecule is CC(CO)OOC1O[C@H](CO)[C@@H](O)[C@H](O)[C@H]1O. The fourth-order valence-electron chi connectivity index (χ4n) is 1.33. The second-order valence-corrected chi connectivity index (χ2v) is 3.88. The molecule has 1 saturated heterocycles. The van der Waals surface area contributed by atoms with Gasteiger partial charge < -0.3 is 30.3 Å². The Bertz CT molecular complexity index is 223. The average molecular weight is 254 g/mol. The zero-order chi connectivity index (χ0) is 13.0. The molecule has 2 unspecified atom stereocenters. The Balaban J connectivity index is 2.53. The van der Waals surface area contributed by atoms with Crippen molar-refractivity contribution in [1.29, 1.82) is 0 Å². The molecule has 0 aromatic rings. The molecule has 102 valence electrons. The summed E-state index contributed by atoms with van der Waals surface area (Å²) >= 11 is 0. The number of hydrogen-bond acceptors (Lipinski definition) is 8. The van der Waals surface area contributed by atoms with E-state index >= 15 is 0 Å². The number of aliphatic hydroxyl groups is 5. The normalized spacial score (nSPS) is 40.2. The lowest BCUT2D eigenvalue weighted by Gasteiger charge is -2.38. The molecule has 0 aromatic carbocycles. The van der Waals surface area contributed by atoms with E-state index in [1.807, 2.05) is 0 Å². The van der Waals surface area contributed by atoms with Gasteiger partial charge in [-0.05, 0) is 6.92 Å². The van der Waals surface area contributed by atoms with Gasteiger partial charge in [0.2, 0.25) is 6.29 Å².